The Labute approximate surface area is 110 Å². The summed E-state index contributed by atoms with van der Waals surface area (Å²) in [5.41, 5.74) is 0.923. The molecule has 2 aromatic carbocycles. The Morgan fingerprint density at radius 1 is 1.11 bits per heavy atom. The molecule has 0 heterocycles. The molecule has 2 aromatic rings. The number of hydrogen-bond acceptors (Lipinski definition) is 2. The number of hydrogen-bond donors (Lipinski definition) is 1. The molecule has 0 amide bonds. The molecule has 0 aromatic heterocycles. The van der Waals surface area contributed by atoms with Crippen molar-refractivity contribution in [2.75, 3.05) is 7.11 Å². The van der Waals surface area contributed by atoms with Gasteiger partial charge in [-0.15, -0.1) is 0 Å². The Balaban J connectivity index is 2.38. The third-order valence-corrected chi connectivity index (χ3v) is 2.85. The summed E-state index contributed by atoms with van der Waals surface area (Å²) < 4.78 is 32.2. The Bertz CT molecular complexity index is 550. The van der Waals surface area contributed by atoms with Gasteiger partial charge >= 0.3 is 0 Å². The Hall–Kier alpha value is -1.78. The normalized spacial score (nSPS) is 12.4. The van der Waals surface area contributed by atoms with Gasteiger partial charge in [0.2, 0.25) is 0 Å². The summed E-state index contributed by atoms with van der Waals surface area (Å²) in [4.78, 5) is 0. The molecule has 1 N–H and O–H groups in total. The SMILES string of the molecule is COCc1cccc(C(O)c2c(F)cccc2F)c1. The number of aliphatic hydroxyl groups is 1. The van der Waals surface area contributed by atoms with Gasteiger partial charge in [-0.05, 0) is 23.3 Å². The van der Waals surface area contributed by atoms with E-state index in [2.05, 4.69) is 0 Å². The van der Waals surface area contributed by atoms with E-state index in [0.29, 0.717) is 12.2 Å². The van der Waals surface area contributed by atoms with Gasteiger partial charge in [0, 0.05) is 7.11 Å². The van der Waals surface area contributed by atoms with Gasteiger partial charge in [-0.25, -0.2) is 8.78 Å². The lowest BCUT2D eigenvalue weighted by atomic mass is 9.99. The van der Waals surface area contributed by atoms with E-state index in [0.717, 1.165) is 17.7 Å². The molecule has 4 heteroatoms. The molecule has 0 bridgehead atoms. The molecule has 0 radical (unpaired) electrons. The van der Waals surface area contributed by atoms with Crippen LogP contribution in [0.15, 0.2) is 42.5 Å². The summed E-state index contributed by atoms with van der Waals surface area (Å²) in [5, 5.41) is 10.1. The number of halogens is 2. The van der Waals surface area contributed by atoms with Gasteiger partial charge in [-0.1, -0.05) is 30.3 Å². The van der Waals surface area contributed by atoms with Crippen LogP contribution in [0.1, 0.15) is 22.8 Å². The van der Waals surface area contributed by atoms with Crippen LogP contribution in [0.4, 0.5) is 8.78 Å². The van der Waals surface area contributed by atoms with Crippen LogP contribution in [0.3, 0.4) is 0 Å². The number of ether oxygens (including phenoxy) is 1. The number of methoxy groups -OCH3 is 1. The predicted molar refractivity (Wildman–Crippen MR) is 67.6 cm³/mol. The maximum Gasteiger partial charge on any atom is 0.132 e. The zero-order chi connectivity index (χ0) is 13.8. The summed E-state index contributed by atoms with van der Waals surface area (Å²) in [6, 6.07) is 10.3. The lowest BCUT2D eigenvalue weighted by Crippen LogP contribution is -2.06. The van der Waals surface area contributed by atoms with Crippen LogP contribution in [-0.4, -0.2) is 12.2 Å². The first kappa shape index (κ1) is 13.6. The van der Waals surface area contributed by atoms with Crippen molar-refractivity contribution in [2.24, 2.45) is 0 Å². The summed E-state index contributed by atoms with van der Waals surface area (Å²) in [6.07, 6.45) is -1.34. The zero-order valence-corrected chi connectivity index (χ0v) is 10.4. The van der Waals surface area contributed by atoms with Crippen LogP contribution < -0.4 is 0 Å². The molecular weight excluding hydrogens is 250 g/mol. The largest absolute Gasteiger partial charge is 0.383 e. The quantitative estimate of drug-likeness (QED) is 0.919. The second kappa shape index (κ2) is 5.91. The van der Waals surface area contributed by atoms with Crippen LogP contribution in [0.25, 0.3) is 0 Å². The van der Waals surface area contributed by atoms with Gasteiger partial charge in [-0.2, -0.15) is 0 Å². The molecule has 0 aliphatic carbocycles. The van der Waals surface area contributed by atoms with Gasteiger partial charge in [0.05, 0.1) is 12.2 Å². The van der Waals surface area contributed by atoms with Crippen molar-refractivity contribution in [2.45, 2.75) is 12.7 Å². The van der Waals surface area contributed by atoms with Gasteiger partial charge in [0.15, 0.2) is 0 Å². The maximum absolute atomic E-state index is 13.6. The van der Waals surface area contributed by atoms with Crippen molar-refractivity contribution in [1.29, 1.82) is 0 Å². The molecule has 0 saturated carbocycles. The van der Waals surface area contributed by atoms with Crippen molar-refractivity contribution in [1.82, 2.24) is 0 Å². The maximum atomic E-state index is 13.6. The molecule has 0 fully saturated rings. The molecule has 1 atom stereocenters. The summed E-state index contributed by atoms with van der Waals surface area (Å²) in [6.45, 7) is 0.375. The summed E-state index contributed by atoms with van der Waals surface area (Å²) in [5.74, 6) is -1.52. The third-order valence-electron chi connectivity index (χ3n) is 2.85. The van der Waals surface area contributed by atoms with Crippen LogP contribution in [0.2, 0.25) is 0 Å². The Morgan fingerprint density at radius 3 is 2.37 bits per heavy atom. The monoisotopic (exact) mass is 264 g/mol. The van der Waals surface area contributed by atoms with Crippen LogP contribution in [-0.2, 0) is 11.3 Å². The highest BCUT2D eigenvalue weighted by molar-refractivity contribution is 5.34. The Kier molecular flexibility index (Phi) is 4.24. The number of rotatable bonds is 4. The van der Waals surface area contributed by atoms with E-state index in [4.69, 9.17) is 4.74 Å². The van der Waals surface area contributed by atoms with Crippen molar-refractivity contribution in [3.8, 4) is 0 Å². The highest BCUT2D eigenvalue weighted by Gasteiger charge is 2.19. The van der Waals surface area contributed by atoms with Crippen molar-refractivity contribution in [3.05, 3.63) is 70.8 Å². The van der Waals surface area contributed by atoms with Gasteiger partial charge in [0.25, 0.3) is 0 Å². The van der Waals surface area contributed by atoms with Gasteiger partial charge in [-0.3, -0.25) is 0 Å². The fourth-order valence-electron chi connectivity index (χ4n) is 1.96. The van der Waals surface area contributed by atoms with Crippen molar-refractivity contribution >= 4 is 0 Å². The smallest absolute Gasteiger partial charge is 0.132 e. The minimum Gasteiger partial charge on any atom is -0.383 e. The lowest BCUT2D eigenvalue weighted by Gasteiger charge is -2.14. The second-order valence-electron chi connectivity index (χ2n) is 4.22. The highest BCUT2D eigenvalue weighted by Crippen LogP contribution is 2.27. The fraction of sp³-hybridized carbons (Fsp3) is 0.200. The van der Waals surface area contributed by atoms with Crippen LogP contribution in [0, 0.1) is 11.6 Å². The van der Waals surface area contributed by atoms with E-state index in [1.54, 1.807) is 25.3 Å². The molecule has 100 valence electrons. The number of aliphatic hydroxyl groups excluding tert-OH is 1. The summed E-state index contributed by atoms with van der Waals surface area (Å²) >= 11 is 0. The van der Waals surface area contributed by atoms with Gasteiger partial charge < -0.3 is 9.84 Å². The predicted octanol–water partition coefficient (Wildman–Crippen LogP) is 3.19. The average Bonchev–Trinajstić information content (AvgIpc) is 2.39. The van der Waals surface area contributed by atoms with Crippen molar-refractivity contribution < 1.29 is 18.6 Å². The molecule has 0 spiro atoms. The van der Waals surface area contributed by atoms with E-state index in [1.807, 2.05) is 6.07 Å². The lowest BCUT2D eigenvalue weighted by molar-refractivity contribution is 0.183. The second-order valence-corrected chi connectivity index (χ2v) is 4.22. The minimum absolute atomic E-state index is 0.336. The molecule has 0 saturated heterocycles. The van der Waals surface area contributed by atoms with E-state index >= 15 is 0 Å². The first-order valence-electron chi connectivity index (χ1n) is 5.83. The molecule has 0 aliphatic rings. The summed E-state index contributed by atoms with van der Waals surface area (Å²) in [7, 11) is 1.56. The van der Waals surface area contributed by atoms with E-state index in [-0.39, 0.29) is 5.56 Å². The number of benzene rings is 2. The zero-order valence-electron chi connectivity index (χ0n) is 10.4. The fourth-order valence-corrected chi connectivity index (χ4v) is 1.96. The van der Waals surface area contributed by atoms with E-state index in [1.165, 1.54) is 6.07 Å². The standard InChI is InChI=1S/C15H14F2O2/c1-19-9-10-4-2-5-11(8-10)15(18)14-12(16)6-3-7-13(14)17/h2-8,15,18H,9H2,1H3. The van der Waals surface area contributed by atoms with E-state index < -0.39 is 17.7 Å². The highest BCUT2D eigenvalue weighted by atomic mass is 19.1. The topological polar surface area (TPSA) is 29.5 Å². The van der Waals surface area contributed by atoms with Crippen molar-refractivity contribution in [3.63, 3.8) is 0 Å². The third kappa shape index (κ3) is 2.97. The molecular formula is C15H14F2O2. The van der Waals surface area contributed by atoms with Crippen LogP contribution >= 0.6 is 0 Å². The Morgan fingerprint density at radius 2 is 1.74 bits per heavy atom. The van der Waals surface area contributed by atoms with Gasteiger partial charge in [0.1, 0.15) is 17.7 Å². The molecule has 19 heavy (non-hydrogen) atoms. The van der Waals surface area contributed by atoms with Crippen LogP contribution in [0.5, 0.6) is 0 Å². The average molecular weight is 264 g/mol. The van der Waals surface area contributed by atoms with E-state index in [9.17, 15) is 13.9 Å². The minimum atomic E-state index is -1.34. The first-order chi connectivity index (χ1) is 9.13. The first-order valence-corrected chi connectivity index (χ1v) is 5.83. The molecule has 1 unspecified atom stereocenters. The molecule has 2 nitrogen and oxygen atoms in total. The molecule has 0 aliphatic heterocycles. The molecule has 2 rings (SSSR count).